The van der Waals surface area contributed by atoms with Crippen molar-refractivity contribution in [3.8, 4) is 0 Å². The molecule has 0 amide bonds. The lowest BCUT2D eigenvalue weighted by atomic mass is 9.83. The van der Waals surface area contributed by atoms with Crippen LogP contribution in [0.4, 0.5) is 0 Å². The van der Waals surface area contributed by atoms with E-state index in [0.29, 0.717) is 18.8 Å². The van der Waals surface area contributed by atoms with Gasteiger partial charge in [0.15, 0.2) is 0 Å². The van der Waals surface area contributed by atoms with Gasteiger partial charge in [-0.1, -0.05) is 77.9 Å². The largest absolute Gasteiger partial charge is 0.461 e. The second kappa shape index (κ2) is 11.3. The van der Waals surface area contributed by atoms with Crippen LogP contribution in [0.15, 0.2) is 72.8 Å². The zero-order chi connectivity index (χ0) is 25.8. The molecule has 5 heteroatoms. The molecule has 0 bridgehead atoms. The molecule has 2 heterocycles. The van der Waals surface area contributed by atoms with Crippen molar-refractivity contribution in [3.05, 3.63) is 106 Å². The number of esters is 1. The molecule has 0 unspecified atom stereocenters. The average molecular weight is 497 g/mol. The van der Waals surface area contributed by atoms with Crippen molar-refractivity contribution in [1.29, 1.82) is 0 Å². The van der Waals surface area contributed by atoms with E-state index in [9.17, 15) is 4.79 Å². The van der Waals surface area contributed by atoms with E-state index < -0.39 is 0 Å². The smallest absolute Gasteiger partial charge is 0.355 e. The Bertz CT molecular complexity index is 1300. The van der Waals surface area contributed by atoms with Gasteiger partial charge < -0.3 is 14.0 Å². The van der Waals surface area contributed by atoms with E-state index in [4.69, 9.17) is 9.47 Å². The van der Waals surface area contributed by atoms with Crippen molar-refractivity contribution < 1.29 is 14.3 Å². The molecule has 0 atom stereocenters. The number of hydrogen-bond donors (Lipinski definition) is 0. The highest BCUT2D eigenvalue weighted by Crippen LogP contribution is 2.40. The molecule has 3 aromatic carbocycles. The number of morpholine rings is 1. The number of ether oxygens (including phenoxy) is 2. The quantitative estimate of drug-likeness (QED) is 0.283. The summed E-state index contributed by atoms with van der Waals surface area (Å²) in [5.41, 5.74) is 7.49. The van der Waals surface area contributed by atoms with Gasteiger partial charge in [0.25, 0.3) is 0 Å². The lowest BCUT2D eigenvalue weighted by Crippen LogP contribution is -2.38. The molecule has 4 aromatic rings. The highest BCUT2D eigenvalue weighted by molar-refractivity contribution is 6.00. The molecule has 192 valence electrons. The number of aryl methyl sites for hydroxylation is 2. The molecule has 1 saturated heterocycles. The molecular weight excluding hydrogens is 460 g/mol. The van der Waals surface area contributed by atoms with Gasteiger partial charge in [-0.3, -0.25) is 4.90 Å². The molecule has 1 fully saturated rings. The standard InChI is InChI=1S/C32H36N2O3/c1-4-37-32(35)31-30(29(25-13-9-23(2)10-14-25)26-15-11-24(3)12-16-26)27-7-5-6-8-28(27)34(31)18-17-33-19-21-36-22-20-33/h5-16,29H,4,17-22H2,1-3H3. The van der Waals surface area contributed by atoms with Crippen LogP contribution in [-0.4, -0.2) is 54.9 Å². The molecule has 0 aliphatic carbocycles. The van der Waals surface area contributed by atoms with E-state index in [-0.39, 0.29) is 11.9 Å². The normalized spacial score (nSPS) is 14.4. The van der Waals surface area contributed by atoms with Crippen LogP contribution >= 0.6 is 0 Å². The number of carbonyl (C=O) groups is 1. The predicted molar refractivity (Wildman–Crippen MR) is 148 cm³/mol. The lowest BCUT2D eigenvalue weighted by Gasteiger charge is -2.27. The number of nitrogens with zero attached hydrogens (tertiary/aromatic N) is 2. The van der Waals surface area contributed by atoms with Gasteiger partial charge >= 0.3 is 5.97 Å². The summed E-state index contributed by atoms with van der Waals surface area (Å²) in [6, 6.07) is 25.8. The lowest BCUT2D eigenvalue weighted by molar-refractivity contribution is 0.0359. The third-order valence-corrected chi connectivity index (χ3v) is 7.33. The first-order chi connectivity index (χ1) is 18.1. The maximum atomic E-state index is 13.7. The van der Waals surface area contributed by atoms with E-state index in [1.54, 1.807) is 0 Å². The summed E-state index contributed by atoms with van der Waals surface area (Å²) in [6.07, 6.45) is 0. The first-order valence-corrected chi connectivity index (χ1v) is 13.3. The highest BCUT2D eigenvalue weighted by atomic mass is 16.5. The fourth-order valence-electron chi connectivity index (χ4n) is 5.38. The molecule has 5 nitrogen and oxygen atoms in total. The summed E-state index contributed by atoms with van der Waals surface area (Å²) in [5.74, 6) is -0.366. The Kier molecular flexibility index (Phi) is 7.73. The Morgan fingerprint density at radius 1 is 0.865 bits per heavy atom. The minimum absolute atomic E-state index is 0.102. The molecule has 1 aromatic heterocycles. The second-order valence-corrected chi connectivity index (χ2v) is 9.86. The highest BCUT2D eigenvalue weighted by Gasteiger charge is 2.31. The fraction of sp³-hybridized carbons (Fsp3) is 0.344. The molecule has 0 radical (unpaired) electrons. The van der Waals surface area contributed by atoms with Gasteiger partial charge in [-0.05, 0) is 38.0 Å². The predicted octanol–water partition coefficient (Wildman–Crippen LogP) is 5.95. The van der Waals surface area contributed by atoms with E-state index >= 15 is 0 Å². The van der Waals surface area contributed by atoms with Gasteiger partial charge in [0.2, 0.25) is 0 Å². The van der Waals surface area contributed by atoms with Crippen molar-refractivity contribution in [2.24, 2.45) is 0 Å². The van der Waals surface area contributed by atoms with Gasteiger partial charge in [0.05, 0.1) is 19.8 Å². The Labute approximate surface area is 219 Å². The van der Waals surface area contributed by atoms with Crippen LogP contribution < -0.4 is 0 Å². The molecular formula is C32H36N2O3. The SMILES string of the molecule is CCOC(=O)c1c(C(c2ccc(C)cc2)c2ccc(C)cc2)c2ccccc2n1CCN1CCOCC1. The topological polar surface area (TPSA) is 43.7 Å². The number of benzene rings is 3. The maximum absolute atomic E-state index is 13.7. The van der Waals surface area contributed by atoms with Crippen LogP contribution in [0, 0.1) is 13.8 Å². The van der Waals surface area contributed by atoms with Gasteiger partial charge in [0, 0.05) is 48.6 Å². The summed E-state index contributed by atoms with van der Waals surface area (Å²) in [7, 11) is 0. The van der Waals surface area contributed by atoms with Crippen molar-refractivity contribution in [2.75, 3.05) is 39.5 Å². The van der Waals surface area contributed by atoms with Crippen molar-refractivity contribution >= 4 is 16.9 Å². The van der Waals surface area contributed by atoms with Crippen LogP contribution in [0.5, 0.6) is 0 Å². The number of para-hydroxylation sites is 1. The minimum Gasteiger partial charge on any atom is -0.461 e. The Morgan fingerprint density at radius 3 is 2.05 bits per heavy atom. The molecule has 5 rings (SSSR count). The first-order valence-electron chi connectivity index (χ1n) is 13.3. The maximum Gasteiger partial charge on any atom is 0.355 e. The Hall–Kier alpha value is -3.41. The average Bonchev–Trinajstić information content (AvgIpc) is 3.24. The van der Waals surface area contributed by atoms with Gasteiger partial charge in [-0.15, -0.1) is 0 Å². The summed E-state index contributed by atoms with van der Waals surface area (Å²) in [5, 5.41) is 1.10. The number of hydrogen-bond acceptors (Lipinski definition) is 4. The monoisotopic (exact) mass is 496 g/mol. The molecule has 0 spiro atoms. The van der Waals surface area contributed by atoms with Crippen LogP contribution in [-0.2, 0) is 16.0 Å². The van der Waals surface area contributed by atoms with Crippen molar-refractivity contribution in [1.82, 2.24) is 9.47 Å². The zero-order valence-corrected chi connectivity index (χ0v) is 22.1. The minimum atomic E-state index is -0.264. The Morgan fingerprint density at radius 2 is 1.46 bits per heavy atom. The fourth-order valence-corrected chi connectivity index (χ4v) is 5.38. The van der Waals surface area contributed by atoms with Gasteiger partial charge in [-0.2, -0.15) is 0 Å². The molecule has 0 saturated carbocycles. The number of fused-ring (bicyclic) bond motifs is 1. The van der Waals surface area contributed by atoms with E-state index in [1.165, 1.54) is 11.1 Å². The second-order valence-electron chi connectivity index (χ2n) is 9.86. The van der Waals surface area contributed by atoms with E-state index in [1.807, 2.05) is 6.92 Å². The van der Waals surface area contributed by atoms with E-state index in [0.717, 1.165) is 60.4 Å². The molecule has 1 aliphatic heterocycles. The van der Waals surface area contributed by atoms with Gasteiger partial charge in [0.1, 0.15) is 5.69 Å². The number of rotatable bonds is 8. The van der Waals surface area contributed by atoms with Crippen LogP contribution in [0.25, 0.3) is 10.9 Å². The zero-order valence-electron chi connectivity index (χ0n) is 22.1. The summed E-state index contributed by atoms with van der Waals surface area (Å²) < 4.78 is 13.4. The molecule has 1 aliphatic rings. The Balaban J connectivity index is 1.72. The van der Waals surface area contributed by atoms with Crippen LogP contribution in [0.1, 0.15) is 51.1 Å². The first kappa shape index (κ1) is 25.2. The third kappa shape index (κ3) is 5.34. The summed E-state index contributed by atoms with van der Waals surface area (Å²) >= 11 is 0. The van der Waals surface area contributed by atoms with Crippen LogP contribution in [0.3, 0.4) is 0 Å². The van der Waals surface area contributed by atoms with E-state index in [2.05, 4.69) is 96.1 Å². The van der Waals surface area contributed by atoms with Crippen LogP contribution in [0.2, 0.25) is 0 Å². The summed E-state index contributed by atoms with van der Waals surface area (Å²) in [6.45, 7) is 11.3. The number of aromatic nitrogens is 1. The van der Waals surface area contributed by atoms with Gasteiger partial charge in [-0.25, -0.2) is 4.79 Å². The number of carbonyl (C=O) groups excluding carboxylic acids is 1. The molecule has 37 heavy (non-hydrogen) atoms. The van der Waals surface area contributed by atoms with Crippen molar-refractivity contribution in [3.63, 3.8) is 0 Å². The summed E-state index contributed by atoms with van der Waals surface area (Å²) in [4.78, 5) is 16.1. The van der Waals surface area contributed by atoms with Crippen molar-refractivity contribution in [2.45, 2.75) is 33.2 Å². The molecule has 0 N–H and O–H groups in total. The third-order valence-electron chi connectivity index (χ3n) is 7.33.